The van der Waals surface area contributed by atoms with Crippen molar-refractivity contribution in [3.05, 3.63) is 35.8 Å². The van der Waals surface area contributed by atoms with Crippen molar-refractivity contribution in [1.29, 1.82) is 0 Å². The smallest absolute Gasteiger partial charge is 0.408 e. The number of pyridine rings is 1. The maximum Gasteiger partial charge on any atom is 0.408 e. The van der Waals surface area contributed by atoms with E-state index in [4.69, 9.17) is 10.5 Å². The maximum absolute atomic E-state index is 11.8. The van der Waals surface area contributed by atoms with Crippen LogP contribution in [0.3, 0.4) is 0 Å². The first-order valence-corrected chi connectivity index (χ1v) is 7.56. The summed E-state index contributed by atoms with van der Waals surface area (Å²) in [5, 5.41) is 11.7. The number of primary amides is 1. The second-order valence-corrected chi connectivity index (χ2v) is 6.48. The molecule has 0 bridgehead atoms. The van der Waals surface area contributed by atoms with Gasteiger partial charge in [0.1, 0.15) is 23.0 Å². The number of fused-ring (bicyclic) bond motifs is 1. The molecule has 0 aromatic carbocycles. The Morgan fingerprint density at radius 2 is 2.04 bits per heavy atom. The summed E-state index contributed by atoms with van der Waals surface area (Å²) in [6.45, 7) is 5.04. The molecule has 0 fully saturated rings. The topological polar surface area (TPSA) is 136 Å². The van der Waals surface area contributed by atoms with Crippen LogP contribution in [0.2, 0.25) is 0 Å². The van der Waals surface area contributed by atoms with E-state index in [0.717, 1.165) is 0 Å². The molecule has 2 heterocycles. The highest BCUT2D eigenvalue weighted by molar-refractivity contribution is 5.91. The third-order valence-corrected chi connectivity index (χ3v) is 3.23. The van der Waals surface area contributed by atoms with Crippen LogP contribution in [-0.4, -0.2) is 44.1 Å². The van der Waals surface area contributed by atoms with Gasteiger partial charge in [0.25, 0.3) is 5.91 Å². The first-order chi connectivity index (χ1) is 11.6. The number of rotatable bonds is 5. The Morgan fingerprint density at radius 3 is 2.60 bits per heavy atom. The average Bonchev–Trinajstić information content (AvgIpc) is 2.89. The van der Waals surface area contributed by atoms with E-state index in [1.807, 2.05) is 0 Å². The first-order valence-electron chi connectivity index (χ1n) is 7.56. The third kappa shape index (κ3) is 4.69. The number of alkyl carbamates (subject to hydrolysis) is 1. The average molecular weight is 348 g/mol. The van der Waals surface area contributed by atoms with Crippen molar-refractivity contribution >= 4 is 23.6 Å². The lowest BCUT2D eigenvalue weighted by molar-refractivity contribution is -0.139. The van der Waals surface area contributed by atoms with Gasteiger partial charge in [0, 0.05) is 18.3 Å². The van der Waals surface area contributed by atoms with Gasteiger partial charge in [-0.2, -0.15) is 0 Å². The number of nitrogens with one attached hydrogen (secondary N) is 1. The molecule has 0 saturated heterocycles. The summed E-state index contributed by atoms with van der Waals surface area (Å²) >= 11 is 0. The van der Waals surface area contributed by atoms with Crippen LogP contribution in [0.15, 0.2) is 24.4 Å². The Hall–Kier alpha value is -3.10. The molecule has 2 aromatic rings. The molecule has 0 spiro atoms. The molecule has 0 aliphatic heterocycles. The van der Waals surface area contributed by atoms with Crippen LogP contribution < -0.4 is 11.1 Å². The number of hydrogen-bond donors (Lipinski definition) is 3. The Labute approximate surface area is 143 Å². The fourth-order valence-corrected chi connectivity index (χ4v) is 2.21. The Kier molecular flexibility index (Phi) is 4.96. The Morgan fingerprint density at radius 1 is 1.36 bits per heavy atom. The minimum absolute atomic E-state index is 0.0273. The quantitative estimate of drug-likeness (QED) is 0.736. The van der Waals surface area contributed by atoms with Gasteiger partial charge in [-0.3, -0.25) is 4.79 Å². The molecular weight excluding hydrogens is 328 g/mol. The summed E-state index contributed by atoms with van der Waals surface area (Å²) in [6, 6.07) is 3.80. The fourth-order valence-electron chi connectivity index (χ4n) is 2.21. The highest BCUT2D eigenvalue weighted by Crippen LogP contribution is 2.12. The summed E-state index contributed by atoms with van der Waals surface area (Å²) in [4.78, 5) is 38.7. The number of nitrogens with two attached hydrogens (primary N) is 1. The molecule has 0 aliphatic carbocycles. The molecule has 2 amide bonds. The van der Waals surface area contributed by atoms with E-state index in [0.29, 0.717) is 11.3 Å². The Balaban J connectivity index is 2.25. The van der Waals surface area contributed by atoms with Gasteiger partial charge in [-0.25, -0.2) is 14.6 Å². The summed E-state index contributed by atoms with van der Waals surface area (Å²) in [5.41, 5.74) is 5.54. The molecule has 2 aromatic heterocycles. The van der Waals surface area contributed by atoms with Gasteiger partial charge in [-0.1, -0.05) is 6.07 Å². The van der Waals surface area contributed by atoms with Crippen molar-refractivity contribution in [2.24, 2.45) is 5.73 Å². The molecule has 25 heavy (non-hydrogen) atoms. The zero-order valence-corrected chi connectivity index (χ0v) is 14.1. The standard InChI is InChI=1S/C16H20N4O5/c1-16(2,3)25-15(24)19-10(14(22)23)7-9-5-4-6-12-18-11(13(17)21)8-20(9)12/h4-6,8,10H,7H2,1-3H3,(H2,17,21)(H,19,24)(H,22,23)/t10-/m0/s1. The number of ether oxygens (including phenoxy) is 1. The van der Waals surface area contributed by atoms with Crippen LogP contribution in [0.4, 0.5) is 4.79 Å². The number of hydrogen-bond acceptors (Lipinski definition) is 5. The van der Waals surface area contributed by atoms with Gasteiger partial charge in [0.05, 0.1) is 0 Å². The van der Waals surface area contributed by atoms with Crippen LogP contribution >= 0.6 is 0 Å². The normalized spacial score (nSPS) is 12.6. The summed E-state index contributed by atoms with van der Waals surface area (Å²) < 4.78 is 6.65. The second-order valence-electron chi connectivity index (χ2n) is 6.48. The van der Waals surface area contributed by atoms with Gasteiger partial charge in [-0.05, 0) is 32.9 Å². The third-order valence-electron chi connectivity index (χ3n) is 3.23. The van der Waals surface area contributed by atoms with Crippen molar-refractivity contribution in [2.45, 2.75) is 38.8 Å². The highest BCUT2D eigenvalue weighted by Gasteiger charge is 2.25. The van der Waals surface area contributed by atoms with Crippen molar-refractivity contribution in [3.63, 3.8) is 0 Å². The molecule has 1 atom stereocenters. The number of imidazole rings is 1. The molecule has 0 aliphatic rings. The fraction of sp³-hybridized carbons (Fsp3) is 0.375. The van der Waals surface area contributed by atoms with E-state index >= 15 is 0 Å². The minimum atomic E-state index is -1.21. The van der Waals surface area contributed by atoms with E-state index < -0.39 is 29.6 Å². The van der Waals surface area contributed by atoms with Crippen molar-refractivity contribution in [3.8, 4) is 0 Å². The number of nitrogens with zero attached hydrogens (tertiary/aromatic N) is 2. The SMILES string of the molecule is CC(C)(C)OC(=O)N[C@@H](Cc1cccc2nc(C(N)=O)cn12)C(=O)O. The zero-order chi connectivity index (χ0) is 18.8. The molecule has 9 heteroatoms. The monoisotopic (exact) mass is 348 g/mol. The zero-order valence-electron chi connectivity index (χ0n) is 14.1. The predicted molar refractivity (Wildman–Crippen MR) is 88.2 cm³/mol. The number of carbonyl (C=O) groups is 3. The van der Waals surface area contributed by atoms with E-state index in [2.05, 4.69) is 10.3 Å². The predicted octanol–water partition coefficient (Wildman–Crippen LogP) is 0.954. The summed E-state index contributed by atoms with van der Waals surface area (Å²) in [6.07, 6.45) is 0.579. The maximum atomic E-state index is 11.8. The summed E-state index contributed by atoms with van der Waals surface area (Å²) in [7, 11) is 0. The number of carboxylic acid groups (broad SMARTS) is 1. The number of carbonyl (C=O) groups excluding carboxylic acids is 2. The van der Waals surface area contributed by atoms with E-state index in [-0.39, 0.29) is 12.1 Å². The van der Waals surface area contributed by atoms with Crippen molar-refractivity contribution < 1.29 is 24.2 Å². The van der Waals surface area contributed by atoms with Gasteiger partial charge >= 0.3 is 12.1 Å². The first kappa shape index (κ1) is 18.2. The second kappa shape index (κ2) is 6.80. The van der Waals surface area contributed by atoms with Crippen LogP contribution in [0.5, 0.6) is 0 Å². The number of aliphatic carboxylic acids is 1. The number of carboxylic acids is 1. The Bertz CT molecular complexity index is 822. The molecule has 0 unspecified atom stereocenters. The van der Waals surface area contributed by atoms with Gasteiger partial charge in [0.15, 0.2) is 0 Å². The molecule has 4 N–H and O–H groups in total. The minimum Gasteiger partial charge on any atom is -0.480 e. The number of aromatic nitrogens is 2. The molecular formula is C16H20N4O5. The lowest BCUT2D eigenvalue weighted by Gasteiger charge is -2.22. The van der Waals surface area contributed by atoms with Crippen molar-refractivity contribution in [2.75, 3.05) is 0 Å². The van der Waals surface area contributed by atoms with Crippen LogP contribution in [0.25, 0.3) is 5.65 Å². The van der Waals surface area contributed by atoms with Gasteiger partial charge in [-0.15, -0.1) is 0 Å². The van der Waals surface area contributed by atoms with Crippen LogP contribution in [-0.2, 0) is 16.0 Å². The molecule has 0 radical (unpaired) electrons. The summed E-state index contributed by atoms with van der Waals surface area (Å²) in [5.74, 6) is -1.89. The van der Waals surface area contributed by atoms with E-state index in [1.165, 1.54) is 6.20 Å². The van der Waals surface area contributed by atoms with Crippen molar-refractivity contribution in [1.82, 2.24) is 14.7 Å². The largest absolute Gasteiger partial charge is 0.480 e. The van der Waals surface area contributed by atoms with Gasteiger partial charge in [0.2, 0.25) is 0 Å². The lowest BCUT2D eigenvalue weighted by atomic mass is 10.1. The van der Waals surface area contributed by atoms with Crippen LogP contribution in [0, 0.1) is 0 Å². The van der Waals surface area contributed by atoms with E-state index in [1.54, 1.807) is 43.4 Å². The highest BCUT2D eigenvalue weighted by atomic mass is 16.6. The molecule has 2 rings (SSSR count). The molecule has 9 nitrogen and oxygen atoms in total. The molecule has 134 valence electrons. The number of amides is 2. The lowest BCUT2D eigenvalue weighted by Crippen LogP contribution is -2.44. The van der Waals surface area contributed by atoms with Gasteiger partial charge < -0.3 is 25.3 Å². The van der Waals surface area contributed by atoms with E-state index in [9.17, 15) is 19.5 Å². The van der Waals surface area contributed by atoms with Crippen LogP contribution in [0.1, 0.15) is 37.0 Å². The molecule has 0 saturated carbocycles.